The molecule has 0 aromatic heterocycles. The van der Waals surface area contributed by atoms with Gasteiger partial charge in [0.25, 0.3) is 10.3 Å². The van der Waals surface area contributed by atoms with Crippen LogP contribution < -0.4 is 5.32 Å². The highest BCUT2D eigenvalue weighted by Crippen LogP contribution is 2.41. The van der Waals surface area contributed by atoms with E-state index in [4.69, 9.17) is 0 Å². The monoisotopic (exact) mass is 447 g/mol. The van der Waals surface area contributed by atoms with Crippen molar-refractivity contribution in [1.29, 1.82) is 0 Å². The highest BCUT2D eigenvalue weighted by atomic mass is 32.2. The Balaban J connectivity index is 1.77. The third kappa shape index (κ3) is 4.75. The number of thioether (sulfide) groups is 2. The fraction of sp³-hybridized carbons (Fsp3) is 0.160. The summed E-state index contributed by atoms with van der Waals surface area (Å²) in [5, 5.41) is 2.81. The van der Waals surface area contributed by atoms with Crippen LogP contribution in [0.3, 0.4) is 0 Å². The normalized spacial score (nSPS) is 18.7. The lowest BCUT2D eigenvalue weighted by atomic mass is 10.0. The molecule has 4 rings (SSSR count). The first kappa shape index (κ1) is 21.4. The molecule has 0 saturated heterocycles. The van der Waals surface area contributed by atoms with Crippen molar-refractivity contribution in [2.24, 2.45) is 0 Å². The molecule has 0 spiro atoms. The number of nitrogens with one attached hydrogen (secondary N) is 1. The molecule has 1 aliphatic rings. The Labute approximate surface area is 190 Å². The zero-order chi connectivity index (χ0) is 21.6. The molecular weight excluding hydrogens is 424 g/mol. The molecule has 2 atom stereocenters. The Hall–Kier alpha value is -2.83. The third-order valence-electron chi connectivity index (χ3n) is 4.93. The van der Waals surface area contributed by atoms with E-state index >= 15 is 0 Å². The van der Waals surface area contributed by atoms with Gasteiger partial charge in [0.15, 0.2) is 6.04 Å². The van der Waals surface area contributed by atoms with Crippen LogP contribution in [0.15, 0.2) is 91.0 Å². The Morgan fingerprint density at radius 1 is 0.935 bits per heavy atom. The Bertz CT molecular complexity index is 1090. The number of carbonyl (C=O) groups excluding carboxylic acids is 2. The second kappa shape index (κ2) is 9.98. The van der Waals surface area contributed by atoms with E-state index in [0.717, 1.165) is 21.4 Å². The zero-order valence-electron chi connectivity index (χ0n) is 17.1. The van der Waals surface area contributed by atoms with E-state index in [0.29, 0.717) is 5.56 Å². The van der Waals surface area contributed by atoms with Gasteiger partial charge in [-0.3, -0.25) is 4.79 Å². The van der Waals surface area contributed by atoms with Gasteiger partial charge in [-0.05, 0) is 41.2 Å². The molecule has 0 bridgehead atoms. The average molecular weight is 448 g/mol. The minimum absolute atomic E-state index is 0.126. The second-order valence-corrected chi connectivity index (χ2v) is 9.62. The first-order valence-electron chi connectivity index (χ1n) is 10.2. The van der Waals surface area contributed by atoms with Gasteiger partial charge in [-0.15, -0.1) is 4.58 Å². The van der Waals surface area contributed by atoms with Crippen molar-refractivity contribution in [1.82, 2.24) is 5.32 Å². The SMILES string of the molecule is CCSC1=[N+](c2ccccc2)C(=O)[C@@H](NC(=O)c2ccccc2)[C@@H](c2ccccc2)S1. The number of benzene rings is 3. The van der Waals surface area contributed by atoms with Crippen LogP contribution in [0, 0.1) is 0 Å². The van der Waals surface area contributed by atoms with Crippen LogP contribution in [0.5, 0.6) is 0 Å². The van der Waals surface area contributed by atoms with Crippen molar-refractivity contribution in [3.63, 3.8) is 0 Å². The van der Waals surface area contributed by atoms with Gasteiger partial charge >= 0.3 is 5.91 Å². The number of hydrogen-bond donors (Lipinski definition) is 1. The van der Waals surface area contributed by atoms with Crippen molar-refractivity contribution in [3.8, 4) is 0 Å². The quantitative estimate of drug-likeness (QED) is 0.543. The summed E-state index contributed by atoms with van der Waals surface area (Å²) in [6, 6.07) is 27.9. The summed E-state index contributed by atoms with van der Waals surface area (Å²) in [6.07, 6.45) is 0. The van der Waals surface area contributed by atoms with Crippen molar-refractivity contribution in [2.75, 3.05) is 5.75 Å². The van der Waals surface area contributed by atoms with E-state index in [1.165, 1.54) is 0 Å². The van der Waals surface area contributed by atoms with Crippen LogP contribution in [0.2, 0.25) is 0 Å². The molecule has 1 N–H and O–H groups in total. The summed E-state index contributed by atoms with van der Waals surface area (Å²) in [6.45, 7) is 2.08. The fourth-order valence-electron chi connectivity index (χ4n) is 3.47. The summed E-state index contributed by atoms with van der Waals surface area (Å²) in [4.78, 5) is 26.8. The van der Waals surface area contributed by atoms with Gasteiger partial charge in [-0.1, -0.05) is 73.7 Å². The van der Waals surface area contributed by atoms with Gasteiger partial charge in [-0.25, -0.2) is 4.79 Å². The fourth-order valence-corrected chi connectivity index (χ4v) is 6.11. The highest BCUT2D eigenvalue weighted by molar-refractivity contribution is 8.38. The van der Waals surface area contributed by atoms with Crippen molar-refractivity contribution >= 4 is 45.4 Å². The maximum absolute atomic E-state index is 13.8. The Morgan fingerprint density at radius 3 is 2.13 bits per heavy atom. The first-order valence-corrected chi connectivity index (χ1v) is 12.0. The van der Waals surface area contributed by atoms with E-state index < -0.39 is 6.04 Å². The van der Waals surface area contributed by atoms with Crippen LogP contribution in [0.25, 0.3) is 0 Å². The van der Waals surface area contributed by atoms with Crippen molar-refractivity contribution in [3.05, 3.63) is 102 Å². The van der Waals surface area contributed by atoms with Crippen LogP contribution in [-0.4, -0.2) is 32.6 Å². The highest BCUT2D eigenvalue weighted by Gasteiger charge is 2.47. The molecule has 0 radical (unpaired) electrons. The zero-order valence-corrected chi connectivity index (χ0v) is 18.7. The largest absolute Gasteiger partial charge is 0.418 e. The molecule has 6 heteroatoms. The lowest BCUT2D eigenvalue weighted by molar-refractivity contribution is -0.365. The van der Waals surface area contributed by atoms with E-state index in [2.05, 4.69) is 12.2 Å². The second-order valence-electron chi connectivity index (χ2n) is 6.97. The minimum Gasteiger partial charge on any atom is -0.335 e. The maximum Gasteiger partial charge on any atom is 0.418 e. The number of amides is 2. The molecule has 4 nitrogen and oxygen atoms in total. The molecule has 156 valence electrons. The molecule has 0 aliphatic carbocycles. The van der Waals surface area contributed by atoms with Gasteiger partial charge in [-0.2, -0.15) is 0 Å². The summed E-state index contributed by atoms with van der Waals surface area (Å²) in [5.41, 5.74) is 2.36. The smallest absolute Gasteiger partial charge is 0.335 e. The number of carbonyl (C=O) groups is 2. The minimum atomic E-state index is -0.693. The van der Waals surface area contributed by atoms with E-state index in [-0.39, 0.29) is 17.1 Å². The number of para-hydroxylation sites is 1. The number of hydrogen-bond acceptors (Lipinski definition) is 4. The molecule has 1 heterocycles. The molecule has 2 amide bonds. The Morgan fingerprint density at radius 2 is 1.52 bits per heavy atom. The third-order valence-corrected chi connectivity index (χ3v) is 7.48. The lowest BCUT2D eigenvalue weighted by Gasteiger charge is -2.28. The van der Waals surface area contributed by atoms with Gasteiger partial charge < -0.3 is 5.32 Å². The molecule has 3 aromatic carbocycles. The van der Waals surface area contributed by atoms with Gasteiger partial charge in [0.2, 0.25) is 5.69 Å². The molecule has 3 aromatic rings. The number of nitrogens with zero attached hydrogens (tertiary/aromatic N) is 1. The molecule has 31 heavy (non-hydrogen) atoms. The average Bonchev–Trinajstić information content (AvgIpc) is 2.82. The van der Waals surface area contributed by atoms with Crippen molar-refractivity contribution < 1.29 is 14.2 Å². The predicted octanol–water partition coefficient (Wildman–Crippen LogP) is 5.25. The summed E-state index contributed by atoms with van der Waals surface area (Å²) < 4.78 is 2.67. The topological polar surface area (TPSA) is 49.2 Å². The predicted molar refractivity (Wildman–Crippen MR) is 129 cm³/mol. The molecule has 0 unspecified atom stereocenters. The van der Waals surface area contributed by atoms with Crippen LogP contribution in [0.1, 0.15) is 28.1 Å². The molecule has 1 aliphatic heterocycles. The van der Waals surface area contributed by atoms with Gasteiger partial charge in [0, 0.05) is 23.4 Å². The first-order chi connectivity index (χ1) is 15.2. The maximum atomic E-state index is 13.8. The summed E-state index contributed by atoms with van der Waals surface area (Å²) in [5.74, 6) is 0.473. The standard InChI is InChI=1S/C25H22N2O2S2/c1-2-30-25-27(20-16-10-5-11-17-20)24(29)21(22(31-25)18-12-6-3-7-13-18)26-23(28)19-14-8-4-9-15-19/h3-17,21-22H,2H2,1H3/p+1/t21-,22+/m0/s1. The Kier molecular flexibility index (Phi) is 6.89. The number of rotatable bonds is 5. The van der Waals surface area contributed by atoms with Gasteiger partial charge in [0.1, 0.15) is 0 Å². The van der Waals surface area contributed by atoms with Crippen LogP contribution >= 0.6 is 23.5 Å². The van der Waals surface area contributed by atoms with Crippen molar-refractivity contribution in [2.45, 2.75) is 18.2 Å². The summed E-state index contributed by atoms with van der Waals surface area (Å²) in [7, 11) is 0. The van der Waals surface area contributed by atoms with E-state index in [9.17, 15) is 9.59 Å². The molecule has 0 fully saturated rings. The van der Waals surface area contributed by atoms with E-state index in [1.54, 1.807) is 40.2 Å². The van der Waals surface area contributed by atoms with Gasteiger partial charge in [0.05, 0.1) is 5.25 Å². The lowest BCUT2D eigenvalue weighted by Crippen LogP contribution is -2.50. The molecule has 0 saturated carbocycles. The van der Waals surface area contributed by atoms with E-state index in [1.807, 2.05) is 78.9 Å². The molecular formula is C25H23N2O2S2+. The van der Waals surface area contributed by atoms with Crippen LogP contribution in [0.4, 0.5) is 5.69 Å². The summed E-state index contributed by atoms with van der Waals surface area (Å²) >= 11 is 3.28. The van der Waals surface area contributed by atoms with Crippen LogP contribution in [-0.2, 0) is 4.79 Å².